The summed E-state index contributed by atoms with van der Waals surface area (Å²) in [6.45, 7) is 3.96. The van der Waals surface area contributed by atoms with Gasteiger partial charge in [0.15, 0.2) is 0 Å². The van der Waals surface area contributed by atoms with E-state index in [4.69, 9.17) is 4.74 Å². The Hall–Kier alpha value is -1.39. The summed E-state index contributed by atoms with van der Waals surface area (Å²) in [5, 5.41) is 3.10. The van der Waals surface area contributed by atoms with E-state index in [1.165, 1.54) is 24.8 Å². The van der Waals surface area contributed by atoms with Gasteiger partial charge in [0, 0.05) is 25.1 Å². The molecule has 0 aliphatic carbocycles. The van der Waals surface area contributed by atoms with Gasteiger partial charge in [0.25, 0.3) is 0 Å². The molecule has 126 valence electrons. The van der Waals surface area contributed by atoms with Crippen LogP contribution in [0, 0.1) is 5.92 Å². The fourth-order valence-corrected chi connectivity index (χ4v) is 3.63. The van der Waals surface area contributed by atoms with Crippen LogP contribution in [-0.2, 0) is 16.0 Å². The number of rotatable bonds is 6. The molecule has 4 heteroatoms. The van der Waals surface area contributed by atoms with Crippen molar-refractivity contribution in [1.82, 2.24) is 10.2 Å². The average molecular weight is 316 g/mol. The Morgan fingerprint density at radius 2 is 2.09 bits per heavy atom. The second-order valence-electron chi connectivity index (χ2n) is 6.84. The molecule has 0 spiro atoms. The van der Waals surface area contributed by atoms with E-state index in [0.717, 1.165) is 39.1 Å². The highest BCUT2D eigenvalue weighted by atomic mass is 16.5. The Morgan fingerprint density at radius 3 is 2.87 bits per heavy atom. The lowest BCUT2D eigenvalue weighted by atomic mass is 9.95. The Labute approximate surface area is 139 Å². The second kappa shape index (κ2) is 8.46. The maximum atomic E-state index is 12.3. The number of amides is 1. The van der Waals surface area contributed by atoms with Crippen LogP contribution in [0.15, 0.2) is 30.3 Å². The Bertz CT molecular complexity index is 485. The smallest absolute Gasteiger partial charge is 0.234 e. The number of hydrogen-bond acceptors (Lipinski definition) is 3. The average Bonchev–Trinajstić information content (AvgIpc) is 3.09. The quantitative estimate of drug-likeness (QED) is 0.875. The molecule has 2 atom stereocenters. The largest absolute Gasteiger partial charge is 0.381 e. The summed E-state index contributed by atoms with van der Waals surface area (Å²) >= 11 is 0. The third-order valence-corrected chi connectivity index (χ3v) is 5.02. The Morgan fingerprint density at radius 1 is 1.22 bits per heavy atom. The fourth-order valence-electron chi connectivity index (χ4n) is 3.63. The number of nitrogens with one attached hydrogen (secondary N) is 1. The van der Waals surface area contributed by atoms with Crippen molar-refractivity contribution in [2.45, 2.75) is 38.1 Å². The van der Waals surface area contributed by atoms with Crippen LogP contribution in [0.2, 0.25) is 0 Å². The molecular weight excluding hydrogens is 288 g/mol. The summed E-state index contributed by atoms with van der Waals surface area (Å²) in [5.41, 5.74) is 1.37. The first-order valence-corrected chi connectivity index (χ1v) is 8.93. The maximum Gasteiger partial charge on any atom is 0.234 e. The molecule has 0 saturated carbocycles. The number of nitrogens with zero attached hydrogens (tertiary/aromatic N) is 1. The lowest BCUT2D eigenvalue weighted by Crippen LogP contribution is -2.47. The van der Waals surface area contributed by atoms with E-state index < -0.39 is 0 Å². The first kappa shape index (κ1) is 16.5. The summed E-state index contributed by atoms with van der Waals surface area (Å²) in [4.78, 5) is 14.6. The molecule has 2 unspecified atom stereocenters. The zero-order valence-corrected chi connectivity index (χ0v) is 13.9. The van der Waals surface area contributed by atoms with Crippen LogP contribution in [0.1, 0.15) is 31.2 Å². The maximum absolute atomic E-state index is 12.3. The van der Waals surface area contributed by atoms with Gasteiger partial charge in [0.05, 0.1) is 13.2 Å². The van der Waals surface area contributed by atoms with Gasteiger partial charge in [-0.2, -0.15) is 0 Å². The number of likely N-dealkylation sites (tertiary alicyclic amines) is 1. The van der Waals surface area contributed by atoms with E-state index in [1.807, 2.05) is 0 Å². The SMILES string of the molecule is O=C(CN1CCCCC1Cc1ccccc1)NCC1CCOC1. The van der Waals surface area contributed by atoms with Gasteiger partial charge in [-0.05, 0) is 37.8 Å². The van der Waals surface area contributed by atoms with E-state index in [-0.39, 0.29) is 5.91 Å². The number of carbonyl (C=O) groups excluding carboxylic acids is 1. The lowest BCUT2D eigenvalue weighted by Gasteiger charge is -2.35. The van der Waals surface area contributed by atoms with Gasteiger partial charge in [-0.15, -0.1) is 0 Å². The van der Waals surface area contributed by atoms with Crippen molar-refractivity contribution in [3.8, 4) is 0 Å². The molecule has 23 heavy (non-hydrogen) atoms. The molecule has 1 aromatic rings. The van der Waals surface area contributed by atoms with E-state index in [1.54, 1.807) is 0 Å². The van der Waals surface area contributed by atoms with Crippen LogP contribution >= 0.6 is 0 Å². The fraction of sp³-hybridized carbons (Fsp3) is 0.632. The van der Waals surface area contributed by atoms with Crippen molar-refractivity contribution in [3.05, 3.63) is 35.9 Å². The Kier molecular flexibility index (Phi) is 6.06. The molecule has 3 rings (SSSR count). The van der Waals surface area contributed by atoms with Crippen LogP contribution in [0.4, 0.5) is 0 Å². The van der Waals surface area contributed by atoms with E-state index in [2.05, 4.69) is 40.5 Å². The summed E-state index contributed by atoms with van der Waals surface area (Å²) < 4.78 is 5.36. The van der Waals surface area contributed by atoms with Crippen LogP contribution < -0.4 is 5.32 Å². The van der Waals surface area contributed by atoms with Crippen molar-refractivity contribution < 1.29 is 9.53 Å². The highest BCUT2D eigenvalue weighted by Crippen LogP contribution is 2.20. The van der Waals surface area contributed by atoms with Gasteiger partial charge in [-0.3, -0.25) is 9.69 Å². The van der Waals surface area contributed by atoms with Crippen molar-refractivity contribution in [2.75, 3.05) is 32.8 Å². The van der Waals surface area contributed by atoms with Crippen LogP contribution in [0.25, 0.3) is 0 Å². The van der Waals surface area contributed by atoms with Crippen molar-refractivity contribution in [3.63, 3.8) is 0 Å². The van der Waals surface area contributed by atoms with Gasteiger partial charge >= 0.3 is 0 Å². The van der Waals surface area contributed by atoms with Crippen LogP contribution in [-0.4, -0.2) is 49.7 Å². The molecule has 1 aromatic carbocycles. The number of carbonyl (C=O) groups is 1. The minimum Gasteiger partial charge on any atom is -0.381 e. The van der Waals surface area contributed by atoms with E-state index in [0.29, 0.717) is 18.5 Å². The molecule has 2 aliphatic rings. The number of benzene rings is 1. The normalized spacial score (nSPS) is 25.4. The third-order valence-electron chi connectivity index (χ3n) is 5.02. The van der Waals surface area contributed by atoms with Gasteiger partial charge in [0.1, 0.15) is 0 Å². The first-order valence-electron chi connectivity index (χ1n) is 8.93. The van der Waals surface area contributed by atoms with Gasteiger partial charge in [-0.1, -0.05) is 36.8 Å². The van der Waals surface area contributed by atoms with E-state index in [9.17, 15) is 4.79 Å². The van der Waals surface area contributed by atoms with E-state index >= 15 is 0 Å². The second-order valence-corrected chi connectivity index (χ2v) is 6.84. The minimum absolute atomic E-state index is 0.164. The molecular formula is C19H28N2O2. The summed E-state index contributed by atoms with van der Waals surface area (Å²) in [5.74, 6) is 0.664. The number of piperidine rings is 1. The molecule has 2 aliphatic heterocycles. The molecule has 1 N–H and O–H groups in total. The van der Waals surface area contributed by atoms with Crippen molar-refractivity contribution >= 4 is 5.91 Å². The molecule has 0 bridgehead atoms. The highest BCUT2D eigenvalue weighted by molar-refractivity contribution is 5.78. The van der Waals surface area contributed by atoms with Crippen molar-refractivity contribution in [1.29, 1.82) is 0 Å². The molecule has 2 fully saturated rings. The monoisotopic (exact) mass is 316 g/mol. The topological polar surface area (TPSA) is 41.6 Å². The number of ether oxygens (including phenoxy) is 1. The van der Waals surface area contributed by atoms with Crippen LogP contribution in [0.3, 0.4) is 0 Å². The zero-order chi connectivity index (χ0) is 15.9. The summed E-state index contributed by atoms with van der Waals surface area (Å²) in [7, 11) is 0. The molecule has 4 nitrogen and oxygen atoms in total. The zero-order valence-electron chi connectivity index (χ0n) is 13.9. The summed E-state index contributed by atoms with van der Waals surface area (Å²) in [6.07, 6.45) is 5.79. The predicted octanol–water partition coefficient (Wildman–Crippen LogP) is 2.24. The minimum atomic E-state index is 0.164. The lowest BCUT2D eigenvalue weighted by molar-refractivity contribution is -0.123. The third kappa shape index (κ3) is 5.05. The van der Waals surface area contributed by atoms with Gasteiger partial charge in [0.2, 0.25) is 5.91 Å². The van der Waals surface area contributed by atoms with Gasteiger partial charge < -0.3 is 10.1 Å². The van der Waals surface area contributed by atoms with Crippen LogP contribution in [0.5, 0.6) is 0 Å². The predicted molar refractivity (Wildman–Crippen MR) is 91.3 cm³/mol. The summed E-state index contributed by atoms with van der Waals surface area (Å²) in [6, 6.07) is 11.1. The standard InChI is InChI=1S/C19H28N2O2/c22-19(20-13-17-9-11-23-15-17)14-21-10-5-4-8-18(21)12-16-6-2-1-3-7-16/h1-3,6-7,17-18H,4-5,8-15H2,(H,20,22). The molecule has 1 amide bonds. The molecule has 2 heterocycles. The number of hydrogen-bond donors (Lipinski definition) is 1. The highest BCUT2D eigenvalue weighted by Gasteiger charge is 2.25. The molecule has 0 aromatic heterocycles. The van der Waals surface area contributed by atoms with Gasteiger partial charge in [-0.25, -0.2) is 0 Å². The first-order chi connectivity index (χ1) is 11.3. The van der Waals surface area contributed by atoms with Crippen molar-refractivity contribution in [2.24, 2.45) is 5.92 Å². The Balaban J connectivity index is 1.48. The molecule has 2 saturated heterocycles. The molecule has 0 radical (unpaired) electrons.